The summed E-state index contributed by atoms with van der Waals surface area (Å²) in [4.78, 5) is 19.9. The Morgan fingerprint density at radius 2 is 1.71 bits per heavy atom. The van der Waals surface area contributed by atoms with E-state index in [1.807, 2.05) is 0 Å². The summed E-state index contributed by atoms with van der Waals surface area (Å²) in [5.74, 6) is -0.252. The van der Waals surface area contributed by atoms with Crippen LogP contribution < -0.4 is 0 Å². The molecule has 0 N–H and O–H groups in total. The fourth-order valence-electron chi connectivity index (χ4n) is 1.04. The van der Waals surface area contributed by atoms with Crippen LogP contribution in [0.4, 0.5) is 0 Å². The van der Waals surface area contributed by atoms with E-state index in [1.165, 1.54) is 19.3 Å². The fourth-order valence-corrected chi connectivity index (χ4v) is 1.04. The molecule has 0 unspecified atom stereocenters. The van der Waals surface area contributed by atoms with Gasteiger partial charge in [-0.2, -0.15) is 4.89 Å². The number of carbonyl (C=O) groups is 1. The van der Waals surface area contributed by atoms with E-state index in [0.29, 0.717) is 13.0 Å². The maximum Gasteiger partial charge on any atom is 0.342 e. The van der Waals surface area contributed by atoms with Crippen molar-refractivity contribution in [3.63, 3.8) is 0 Å². The first-order valence-corrected chi connectivity index (χ1v) is 5.13. The maximum atomic E-state index is 10.9. The summed E-state index contributed by atoms with van der Waals surface area (Å²) in [6.45, 7) is 4.37. The van der Waals surface area contributed by atoms with Gasteiger partial charge in [0.15, 0.2) is 0 Å². The molecule has 0 radical (unpaired) electrons. The molecule has 0 spiro atoms. The second kappa shape index (κ2) is 13.1. The summed E-state index contributed by atoms with van der Waals surface area (Å²) in [6.07, 6.45) is 6.17. The molecule has 0 rings (SSSR count). The van der Waals surface area contributed by atoms with Crippen molar-refractivity contribution in [2.24, 2.45) is 0 Å². The second-order valence-electron chi connectivity index (χ2n) is 3.03. The monoisotopic (exact) mass is 252 g/mol. The van der Waals surface area contributed by atoms with E-state index < -0.39 is 0 Å². The number of hydrogen-bond donors (Lipinski definition) is 0. The Morgan fingerprint density at radius 3 is 2.29 bits per heavy atom. The number of unbranched alkanes of at least 4 members (excludes halogenated alkanes) is 4. The first-order valence-electron chi connectivity index (χ1n) is 5.13. The second-order valence-corrected chi connectivity index (χ2v) is 3.03. The molecule has 0 saturated heterocycles. The molecule has 14 heavy (non-hydrogen) atoms. The van der Waals surface area contributed by atoms with E-state index in [4.69, 9.17) is 0 Å². The molecule has 4 heteroatoms. The predicted molar refractivity (Wildman–Crippen MR) is 51.1 cm³/mol. The Hall–Kier alpha value is 0.0534. The summed E-state index contributed by atoms with van der Waals surface area (Å²) in [5.41, 5.74) is 0. The molecule has 0 aromatic carbocycles. The summed E-state index contributed by atoms with van der Waals surface area (Å²) < 4.78 is 0. The van der Waals surface area contributed by atoms with Gasteiger partial charge in [-0.3, -0.25) is 4.89 Å². The van der Waals surface area contributed by atoms with E-state index in [9.17, 15) is 4.79 Å². The van der Waals surface area contributed by atoms with Gasteiger partial charge >= 0.3 is 5.97 Å². The third kappa shape index (κ3) is 12.1. The van der Waals surface area contributed by atoms with Crippen LogP contribution in [0, 0.1) is 0 Å². The molecular formula is C10H20O3Zn. The number of hydrogen-bond acceptors (Lipinski definition) is 3. The van der Waals surface area contributed by atoms with Gasteiger partial charge in [-0.25, -0.2) is 4.79 Å². The molecule has 0 heterocycles. The van der Waals surface area contributed by atoms with Crippen molar-refractivity contribution >= 4 is 5.97 Å². The van der Waals surface area contributed by atoms with Crippen LogP contribution in [0.1, 0.15) is 52.4 Å². The minimum Gasteiger partial charge on any atom is -0.298 e. The first kappa shape index (κ1) is 16.5. The van der Waals surface area contributed by atoms with Crippen molar-refractivity contribution in [3.05, 3.63) is 0 Å². The van der Waals surface area contributed by atoms with E-state index in [1.54, 1.807) is 6.92 Å². The standard InChI is InChI=1S/C10H20O3.Zn/c1-3-5-6-7-8-9-10(11)13-12-4-2;/h3-9H2,1-2H3;. The van der Waals surface area contributed by atoms with Crippen molar-refractivity contribution < 1.29 is 34.0 Å². The molecule has 0 aliphatic carbocycles. The van der Waals surface area contributed by atoms with Crippen LogP contribution >= 0.6 is 0 Å². The zero-order valence-electron chi connectivity index (χ0n) is 9.38. The average Bonchev–Trinajstić information content (AvgIpc) is 2.14. The van der Waals surface area contributed by atoms with Gasteiger partial charge in [-0.1, -0.05) is 32.6 Å². The molecule has 3 nitrogen and oxygen atoms in total. The van der Waals surface area contributed by atoms with Gasteiger partial charge in [0.25, 0.3) is 0 Å². The predicted octanol–water partition coefficient (Wildman–Crippen LogP) is 2.84. The third-order valence-electron chi connectivity index (χ3n) is 1.75. The Kier molecular flexibility index (Phi) is 15.4. The Balaban J connectivity index is 0. The zero-order valence-corrected chi connectivity index (χ0v) is 12.3. The molecule has 0 aliphatic rings. The fraction of sp³-hybridized carbons (Fsp3) is 0.900. The van der Waals surface area contributed by atoms with Crippen molar-refractivity contribution in [1.82, 2.24) is 0 Å². The zero-order chi connectivity index (χ0) is 9.94. The van der Waals surface area contributed by atoms with Crippen LogP contribution in [0.2, 0.25) is 0 Å². The van der Waals surface area contributed by atoms with Crippen molar-refractivity contribution in [2.75, 3.05) is 6.61 Å². The van der Waals surface area contributed by atoms with Crippen LogP contribution in [0.25, 0.3) is 0 Å². The quantitative estimate of drug-likeness (QED) is 0.289. The maximum absolute atomic E-state index is 10.9. The molecule has 0 amide bonds. The molecule has 0 aliphatic heterocycles. The normalized spacial score (nSPS) is 9.29. The van der Waals surface area contributed by atoms with Gasteiger partial charge in [-0.15, -0.1) is 0 Å². The third-order valence-corrected chi connectivity index (χ3v) is 1.75. The summed E-state index contributed by atoms with van der Waals surface area (Å²) in [7, 11) is 0. The van der Waals surface area contributed by atoms with Crippen LogP contribution in [0.15, 0.2) is 0 Å². The topological polar surface area (TPSA) is 35.5 Å². The van der Waals surface area contributed by atoms with Crippen LogP contribution in [0.5, 0.6) is 0 Å². The minimum atomic E-state index is -0.252. The molecular weight excluding hydrogens is 233 g/mol. The van der Waals surface area contributed by atoms with Crippen molar-refractivity contribution in [3.8, 4) is 0 Å². The average molecular weight is 254 g/mol. The molecule has 0 atom stereocenters. The van der Waals surface area contributed by atoms with Gasteiger partial charge in [0.2, 0.25) is 0 Å². The number of carbonyl (C=O) groups excluding carboxylic acids is 1. The van der Waals surface area contributed by atoms with E-state index in [-0.39, 0.29) is 25.4 Å². The Bertz CT molecular complexity index is 129. The van der Waals surface area contributed by atoms with Gasteiger partial charge < -0.3 is 0 Å². The molecule has 0 fully saturated rings. The van der Waals surface area contributed by atoms with Gasteiger partial charge in [0.1, 0.15) is 0 Å². The smallest absolute Gasteiger partial charge is 0.298 e. The van der Waals surface area contributed by atoms with Crippen molar-refractivity contribution in [1.29, 1.82) is 0 Å². The number of rotatable bonds is 8. The van der Waals surface area contributed by atoms with Crippen LogP contribution in [0.3, 0.4) is 0 Å². The summed E-state index contributed by atoms with van der Waals surface area (Å²) in [5, 5.41) is 0. The Labute approximate surface area is 99.2 Å². The first-order chi connectivity index (χ1) is 6.31. The van der Waals surface area contributed by atoms with E-state index in [2.05, 4.69) is 16.7 Å². The largest absolute Gasteiger partial charge is 0.342 e. The van der Waals surface area contributed by atoms with Crippen molar-refractivity contribution in [2.45, 2.75) is 52.4 Å². The van der Waals surface area contributed by atoms with E-state index in [0.717, 1.165) is 12.8 Å². The Morgan fingerprint density at radius 1 is 1.07 bits per heavy atom. The van der Waals surface area contributed by atoms with Gasteiger partial charge in [0, 0.05) is 25.9 Å². The molecule has 0 bridgehead atoms. The van der Waals surface area contributed by atoms with Crippen LogP contribution in [-0.2, 0) is 34.0 Å². The molecule has 0 saturated carbocycles. The molecule has 80 valence electrons. The minimum absolute atomic E-state index is 0. The summed E-state index contributed by atoms with van der Waals surface area (Å²) >= 11 is 0. The molecule has 0 aromatic heterocycles. The SMILES string of the molecule is CCCCCCCC(=O)OOCC.[Zn]. The van der Waals surface area contributed by atoms with Gasteiger partial charge in [-0.05, 0) is 13.3 Å². The van der Waals surface area contributed by atoms with Crippen LogP contribution in [-0.4, -0.2) is 12.6 Å². The van der Waals surface area contributed by atoms with E-state index >= 15 is 0 Å². The van der Waals surface area contributed by atoms with Gasteiger partial charge in [0.05, 0.1) is 6.61 Å². The summed E-state index contributed by atoms with van der Waals surface area (Å²) in [6, 6.07) is 0. The molecule has 0 aromatic rings.